The van der Waals surface area contributed by atoms with Crippen LogP contribution in [0.4, 0.5) is 0 Å². The maximum Gasteiger partial charge on any atom is 0.347 e. The van der Waals surface area contributed by atoms with Crippen molar-refractivity contribution in [3.63, 3.8) is 0 Å². The average molecular weight is 469 g/mol. The van der Waals surface area contributed by atoms with E-state index in [1.54, 1.807) is 0 Å². The highest BCUT2D eigenvalue weighted by atomic mass is 16.6. The second-order valence-electron chi connectivity index (χ2n) is 9.18. The fourth-order valence-electron chi connectivity index (χ4n) is 5.58. The lowest BCUT2D eigenvalue weighted by atomic mass is 9.94. The third-order valence-electron chi connectivity index (χ3n) is 7.11. The molecule has 1 atom stereocenters. The first-order chi connectivity index (χ1) is 16.9. The van der Waals surface area contributed by atoms with E-state index < -0.39 is 11.9 Å². The second-order valence-corrected chi connectivity index (χ2v) is 9.18. The molecule has 2 aromatic heterocycles. The van der Waals surface area contributed by atoms with E-state index in [-0.39, 0.29) is 12.0 Å². The van der Waals surface area contributed by atoms with Gasteiger partial charge in [0.15, 0.2) is 0 Å². The molecule has 2 aromatic carbocycles. The Kier molecular flexibility index (Phi) is 4.88. The third-order valence-corrected chi connectivity index (χ3v) is 7.11. The van der Waals surface area contributed by atoms with E-state index in [0.29, 0.717) is 35.3 Å². The van der Waals surface area contributed by atoms with Crippen molar-refractivity contribution in [1.29, 1.82) is 0 Å². The van der Waals surface area contributed by atoms with Crippen molar-refractivity contribution < 1.29 is 23.9 Å². The smallest absolute Gasteiger partial charge is 0.347 e. The van der Waals surface area contributed by atoms with Crippen molar-refractivity contribution in [3.8, 4) is 0 Å². The predicted octanol–water partition coefficient (Wildman–Crippen LogP) is 4.57. The summed E-state index contributed by atoms with van der Waals surface area (Å²) in [7, 11) is 1.92. The lowest BCUT2D eigenvalue weighted by molar-refractivity contribution is -0.149. The van der Waals surface area contributed by atoms with Crippen molar-refractivity contribution in [3.05, 3.63) is 71.5 Å². The van der Waals surface area contributed by atoms with E-state index in [1.165, 1.54) is 12.5 Å². The lowest BCUT2D eigenvalue weighted by Gasteiger charge is -2.25. The number of ether oxygens (including phenoxy) is 2. The molecule has 0 saturated heterocycles. The fourth-order valence-corrected chi connectivity index (χ4v) is 5.58. The minimum atomic E-state index is -0.627. The van der Waals surface area contributed by atoms with Crippen LogP contribution in [0.2, 0.25) is 0 Å². The number of cyclic esters (lactones) is 2. The number of carbonyl (C=O) groups excluding carboxylic acids is 3. The van der Waals surface area contributed by atoms with E-state index in [1.807, 2.05) is 60.4 Å². The van der Waals surface area contributed by atoms with Crippen LogP contribution < -0.4 is 0 Å². The summed E-state index contributed by atoms with van der Waals surface area (Å²) in [6.45, 7) is 1.74. The maximum atomic E-state index is 13.1. The summed E-state index contributed by atoms with van der Waals surface area (Å²) in [5.41, 5.74) is 5.20. The number of aryl methyl sites for hydroxylation is 2. The van der Waals surface area contributed by atoms with Crippen LogP contribution in [0.25, 0.3) is 33.0 Å². The van der Waals surface area contributed by atoms with Crippen LogP contribution in [-0.4, -0.2) is 33.6 Å². The monoisotopic (exact) mass is 468 g/mol. The van der Waals surface area contributed by atoms with Gasteiger partial charge in [0, 0.05) is 66.2 Å². The molecule has 0 saturated carbocycles. The summed E-state index contributed by atoms with van der Waals surface area (Å²) in [5, 5.41) is 1.81. The molecule has 6 rings (SSSR count). The Balaban J connectivity index is 1.56. The second kappa shape index (κ2) is 7.98. The van der Waals surface area contributed by atoms with Crippen LogP contribution in [0.5, 0.6) is 0 Å². The number of rotatable bonds is 5. The molecule has 0 amide bonds. The molecular weight excluding hydrogens is 444 g/mol. The summed E-state index contributed by atoms with van der Waals surface area (Å²) < 4.78 is 14.5. The molecule has 0 bridgehead atoms. The number of benzene rings is 2. The van der Waals surface area contributed by atoms with Gasteiger partial charge in [-0.05, 0) is 24.5 Å². The number of aromatic nitrogens is 2. The molecule has 35 heavy (non-hydrogen) atoms. The van der Waals surface area contributed by atoms with Gasteiger partial charge in [0.1, 0.15) is 0 Å². The molecular formula is C28H24N2O5. The van der Waals surface area contributed by atoms with E-state index >= 15 is 0 Å². The number of carbonyl (C=O) groups is 3. The highest BCUT2D eigenvalue weighted by Crippen LogP contribution is 2.43. The van der Waals surface area contributed by atoms with Gasteiger partial charge in [0.2, 0.25) is 0 Å². The van der Waals surface area contributed by atoms with Crippen LogP contribution in [0.1, 0.15) is 42.5 Å². The Labute approximate surface area is 201 Å². The van der Waals surface area contributed by atoms with Crippen molar-refractivity contribution >= 4 is 50.9 Å². The molecule has 7 heteroatoms. The van der Waals surface area contributed by atoms with Crippen LogP contribution >= 0.6 is 0 Å². The Hall–Kier alpha value is -4.13. The van der Waals surface area contributed by atoms with Crippen LogP contribution in [0.3, 0.4) is 0 Å². The maximum absolute atomic E-state index is 13.1. The van der Waals surface area contributed by atoms with Crippen molar-refractivity contribution in [2.24, 2.45) is 7.05 Å². The number of hydrogen-bond acceptors (Lipinski definition) is 5. The Morgan fingerprint density at radius 1 is 1.00 bits per heavy atom. The summed E-state index contributed by atoms with van der Waals surface area (Å²) in [5.74, 6) is -1.55. The molecule has 7 nitrogen and oxygen atoms in total. The zero-order chi connectivity index (χ0) is 24.3. The molecule has 2 aliphatic heterocycles. The minimum absolute atomic E-state index is 0.121. The van der Waals surface area contributed by atoms with Crippen molar-refractivity contribution in [1.82, 2.24) is 9.13 Å². The molecule has 0 aliphatic carbocycles. The standard InChI is InChI=1S/C28H24N2O5/c1-16(31)34-13-12-18-11-10-17-6-5-8-20-22(15-30(18)26(17)20)25-24(27(32)35-28(25)33)21-14-29(2)23-9-4-3-7-19(21)23/h3-9,14-15,18H,10-13H2,1-2H3. The van der Waals surface area contributed by atoms with Crippen LogP contribution in [0.15, 0.2) is 54.9 Å². The summed E-state index contributed by atoms with van der Waals surface area (Å²) in [4.78, 5) is 37.4. The summed E-state index contributed by atoms with van der Waals surface area (Å²) >= 11 is 0. The number of fused-ring (bicyclic) bond motifs is 1. The zero-order valence-electron chi connectivity index (χ0n) is 19.5. The zero-order valence-corrected chi connectivity index (χ0v) is 19.5. The number of para-hydroxylation sites is 2. The van der Waals surface area contributed by atoms with Gasteiger partial charge in [-0.1, -0.05) is 36.4 Å². The summed E-state index contributed by atoms with van der Waals surface area (Å²) in [6, 6.07) is 14.0. The molecule has 1 unspecified atom stereocenters. The number of esters is 3. The van der Waals surface area contributed by atoms with Gasteiger partial charge in [-0.3, -0.25) is 4.79 Å². The largest absolute Gasteiger partial charge is 0.466 e. The topological polar surface area (TPSA) is 79.5 Å². The lowest BCUT2D eigenvalue weighted by Crippen LogP contribution is -2.17. The molecule has 0 fully saturated rings. The van der Waals surface area contributed by atoms with Gasteiger partial charge >= 0.3 is 17.9 Å². The van der Waals surface area contributed by atoms with E-state index in [2.05, 4.69) is 10.6 Å². The molecule has 4 aromatic rings. The molecule has 0 spiro atoms. The van der Waals surface area contributed by atoms with Crippen molar-refractivity contribution in [2.45, 2.75) is 32.2 Å². The quantitative estimate of drug-likeness (QED) is 0.317. The average Bonchev–Trinajstić information content (AvgIpc) is 3.47. The van der Waals surface area contributed by atoms with Crippen LogP contribution in [0, 0.1) is 0 Å². The first-order valence-corrected chi connectivity index (χ1v) is 11.8. The Morgan fingerprint density at radius 3 is 2.49 bits per heavy atom. The van der Waals surface area contributed by atoms with E-state index in [9.17, 15) is 14.4 Å². The fraction of sp³-hybridized carbons (Fsp3) is 0.250. The molecule has 4 heterocycles. The molecule has 0 N–H and O–H groups in total. The van der Waals surface area contributed by atoms with Gasteiger partial charge in [-0.2, -0.15) is 0 Å². The SMILES string of the molecule is CC(=O)OCCC1CCc2cccc3c(C4=C(c5cn(C)c6ccccc56)C(=O)OC4=O)cn1c23. The van der Waals surface area contributed by atoms with Gasteiger partial charge < -0.3 is 18.6 Å². The first-order valence-electron chi connectivity index (χ1n) is 11.8. The minimum Gasteiger partial charge on any atom is -0.466 e. The highest BCUT2D eigenvalue weighted by Gasteiger charge is 2.38. The molecule has 2 aliphatic rings. The van der Waals surface area contributed by atoms with E-state index in [4.69, 9.17) is 9.47 Å². The van der Waals surface area contributed by atoms with Gasteiger partial charge in [-0.25, -0.2) is 9.59 Å². The highest BCUT2D eigenvalue weighted by molar-refractivity contribution is 6.46. The number of nitrogens with zero attached hydrogens (tertiary/aromatic N) is 2. The molecule has 0 radical (unpaired) electrons. The van der Waals surface area contributed by atoms with Gasteiger partial charge in [-0.15, -0.1) is 0 Å². The Morgan fingerprint density at radius 2 is 1.71 bits per heavy atom. The summed E-state index contributed by atoms with van der Waals surface area (Å²) in [6.07, 6.45) is 6.32. The normalized spacial score (nSPS) is 17.5. The van der Waals surface area contributed by atoms with Gasteiger partial charge in [0.05, 0.1) is 23.3 Å². The first kappa shape index (κ1) is 21.4. The predicted molar refractivity (Wildman–Crippen MR) is 131 cm³/mol. The van der Waals surface area contributed by atoms with Crippen molar-refractivity contribution in [2.75, 3.05) is 6.61 Å². The van der Waals surface area contributed by atoms with Crippen LogP contribution in [-0.2, 0) is 37.3 Å². The Bertz CT molecular complexity index is 1590. The molecule has 176 valence electrons. The third kappa shape index (κ3) is 3.30. The van der Waals surface area contributed by atoms with E-state index in [0.717, 1.165) is 34.6 Å². The number of hydrogen-bond donors (Lipinski definition) is 0. The van der Waals surface area contributed by atoms with Gasteiger partial charge in [0.25, 0.3) is 0 Å².